The molecule has 0 aliphatic rings. The molecule has 0 atom stereocenters. The van der Waals surface area contributed by atoms with Crippen LogP contribution in [0.5, 0.6) is 5.75 Å². The summed E-state index contributed by atoms with van der Waals surface area (Å²) in [5.74, 6) is 0.501. The number of aliphatic hydroxyl groups is 1. The lowest BCUT2D eigenvalue weighted by molar-refractivity contribution is 0.0731. The first kappa shape index (κ1) is 19.6. The van der Waals surface area contributed by atoms with Crippen LogP contribution < -0.4 is 10.3 Å². The number of fused-ring (bicyclic) bond motifs is 1. The molecule has 0 fully saturated rings. The third-order valence-electron chi connectivity index (χ3n) is 4.63. The number of rotatable bonds is 7. The van der Waals surface area contributed by atoms with E-state index in [9.17, 15) is 14.7 Å². The molecule has 2 aromatic carbocycles. The van der Waals surface area contributed by atoms with E-state index in [1.807, 2.05) is 37.3 Å². The van der Waals surface area contributed by atoms with Gasteiger partial charge in [-0.15, -0.1) is 0 Å². The predicted octanol–water partition coefficient (Wildman–Crippen LogP) is 2.87. The van der Waals surface area contributed by atoms with E-state index in [-0.39, 0.29) is 24.6 Å². The van der Waals surface area contributed by atoms with Crippen LogP contribution in [0.4, 0.5) is 0 Å². The highest BCUT2D eigenvalue weighted by Gasteiger charge is 2.18. The van der Waals surface area contributed by atoms with Crippen molar-refractivity contribution in [1.82, 2.24) is 9.88 Å². The molecule has 0 bridgehead atoms. The van der Waals surface area contributed by atoms with E-state index in [4.69, 9.17) is 4.74 Å². The zero-order valence-electron chi connectivity index (χ0n) is 16.1. The zero-order valence-corrected chi connectivity index (χ0v) is 16.1. The number of carbonyl (C=O) groups is 1. The number of hydrogen-bond acceptors (Lipinski definition) is 4. The Balaban J connectivity index is 1.93. The van der Waals surface area contributed by atoms with Gasteiger partial charge >= 0.3 is 0 Å². The first-order valence-corrected chi connectivity index (χ1v) is 9.18. The van der Waals surface area contributed by atoms with Crippen molar-refractivity contribution in [1.29, 1.82) is 0 Å². The number of nitrogens with one attached hydrogen (secondary N) is 1. The molecule has 6 nitrogen and oxygen atoms in total. The highest BCUT2D eigenvalue weighted by molar-refractivity contribution is 5.94. The van der Waals surface area contributed by atoms with Crippen LogP contribution in [-0.4, -0.2) is 41.2 Å². The minimum absolute atomic E-state index is 0.0224. The molecule has 0 radical (unpaired) electrons. The number of benzene rings is 2. The van der Waals surface area contributed by atoms with Crippen LogP contribution in [0.1, 0.15) is 27.9 Å². The maximum absolute atomic E-state index is 13.0. The van der Waals surface area contributed by atoms with Crippen molar-refractivity contribution in [2.45, 2.75) is 19.9 Å². The zero-order chi connectivity index (χ0) is 20.1. The molecule has 3 rings (SSSR count). The molecule has 6 heteroatoms. The summed E-state index contributed by atoms with van der Waals surface area (Å²) in [6.07, 6.45) is 0.445. The monoisotopic (exact) mass is 380 g/mol. The molecule has 1 amide bonds. The van der Waals surface area contributed by atoms with Gasteiger partial charge in [-0.2, -0.15) is 0 Å². The van der Waals surface area contributed by atoms with Gasteiger partial charge in [0.05, 0.1) is 19.2 Å². The Kier molecular flexibility index (Phi) is 6.11. The average molecular weight is 380 g/mol. The van der Waals surface area contributed by atoms with Crippen molar-refractivity contribution < 1.29 is 14.6 Å². The number of amides is 1. The second-order valence-electron chi connectivity index (χ2n) is 6.75. The van der Waals surface area contributed by atoms with E-state index >= 15 is 0 Å². The summed E-state index contributed by atoms with van der Waals surface area (Å²) in [6, 6.07) is 14.6. The van der Waals surface area contributed by atoms with Crippen LogP contribution in [0.15, 0.2) is 53.3 Å². The fraction of sp³-hybridized carbons (Fsp3) is 0.273. The van der Waals surface area contributed by atoms with Gasteiger partial charge in [-0.05, 0) is 49.1 Å². The number of aromatic nitrogens is 1. The summed E-state index contributed by atoms with van der Waals surface area (Å²) in [6.45, 7) is 2.44. The van der Waals surface area contributed by atoms with Gasteiger partial charge < -0.3 is 19.7 Å². The first-order chi connectivity index (χ1) is 13.5. The Morgan fingerprint density at radius 2 is 2.00 bits per heavy atom. The van der Waals surface area contributed by atoms with Gasteiger partial charge in [-0.3, -0.25) is 9.59 Å². The molecular formula is C22H24N2O4. The molecule has 3 aromatic rings. The summed E-state index contributed by atoms with van der Waals surface area (Å²) in [7, 11) is 1.57. The molecule has 0 saturated carbocycles. The molecule has 0 saturated heterocycles. The van der Waals surface area contributed by atoms with Gasteiger partial charge in [-0.1, -0.05) is 17.7 Å². The summed E-state index contributed by atoms with van der Waals surface area (Å²) < 4.78 is 5.19. The average Bonchev–Trinajstić information content (AvgIpc) is 2.70. The van der Waals surface area contributed by atoms with Gasteiger partial charge in [0.2, 0.25) is 0 Å². The number of ether oxygens (including phenoxy) is 1. The lowest BCUT2D eigenvalue weighted by atomic mass is 10.1. The molecule has 0 unspecified atom stereocenters. The molecular weight excluding hydrogens is 356 g/mol. The fourth-order valence-electron chi connectivity index (χ4n) is 3.15. The molecule has 0 aliphatic heterocycles. The number of methoxy groups -OCH3 is 1. The van der Waals surface area contributed by atoms with Gasteiger partial charge in [0.15, 0.2) is 0 Å². The Morgan fingerprint density at radius 1 is 1.18 bits per heavy atom. The molecule has 0 spiro atoms. The van der Waals surface area contributed by atoms with Gasteiger partial charge in [0, 0.05) is 30.3 Å². The number of nitrogens with zero attached hydrogens (tertiary/aromatic N) is 1. The fourth-order valence-corrected chi connectivity index (χ4v) is 3.15. The van der Waals surface area contributed by atoms with E-state index in [1.165, 1.54) is 0 Å². The van der Waals surface area contributed by atoms with E-state index in [0.717, 1.165) is 10.9 Å². The summed E-state index contributed by atoms with van der Waals surface area (Å²) in [5.41, 5.74) is 2.49. The number of hydrogen-bond donors (Lipinski definition) is 2. The summed E-state index contributed by atoms with van der Waals surface area (Å²) >= 11 is 0. The quantitative estimate of drug-likeness (QED) is 0.660. The van der Waals surface area contributed by atoms with Crippen LogP contribution in [0.2, 0.25) is 0 Å². The van der Waals surface area contributed by atoms with E-state index in [1.54, 1.807) is 30.2 Å². The molecule has 0 aliphatic carbocycles. The molecule has 1 heterocycles. The summed E-state index contributed by atoms with van der Waals surface area (Å²) in [5, 5.41) is 10.1. The minimum Gasteiger partial charge on any atom is -0.497 e. The Bertz CT molecular complexity index is 1040. The lowest BCUT2D eigenvalue weighted by Crippen LogP contribution is -2.34. The standard InChI is InChI=1S/C22H24N2O4/c1-15-5-3-6-17(11-15)22(27)24(9-4-10-25)14-18-12-16-7-8-19(28-2)13-20(16)23-21(18)26/h3,5-8,11-13,25H,4,9-10,14H2,1-2H3,(H,23,26). The second-order valence-corrected chi connectivity index (χ2v) is 6.75. The highest BCUT2D eigenvalue weighted by atomic mass is 16.5. The Labute approximate surface area is 163 Å². The SMILES string of the molecule is COc1ccc2cc(CN(CCCO)C(=O)c3cccc(C)c3)c(=O)[nH]c2c1. The van der Waals surface area contributed by atoms with Crippen LogP contribution in [-0.2, 0) is 6.54 Å². The van der Waals surface area contributed by atoms with Gasteiger partial charge in [-0.25, -0.2) is 0 Å². The van der Waals surface area contributed by atoms with Crippen molar-refractivity contribution >= 4 is 16.8 Å². The topological polar surface area (TPSA) is 82.6 Å². The predicted molar refractivity (Wildman–Crippen MR) is 109 cm³/mol. The number of aromatic amines is 1. The number of aryl methyl sites for hydroxylation is 1. The van der Waals surface area contributed by atoms with Crippen LogP contribution >= 0.6 is 0 Å². The third-order valence-corrected chi connectivity index (χ3v) is 4.63. The number of H-pyrrole nitrogens is 1. The second kappa shape index (κ2) is 8.71. The van der Waals surface area contributed by atoms with Crippen molar-refractivity contribution in [3.05, 3.63) is 75.6 Å². The van der Waals surface area contributed by atoms with Crippen LogP contribution in [0.3, 0.4) is 0 Å². The largest absolute Gasteiger partial charge is 0.497 e. The van der Waals surface area contributed by atoms with Crippen molar-refractivity contribution in [3.8, 4) is 5.75 Å². The first-order valence-electron chi connectivity index (χ1n) is 9.18. The molecule has 146 valence electrons. The van der Waals surface area contributed by atoms with E-state index in [0.29, 0.717) is 35.4 Å². The van der Waals surface area contributed by atoms with Crippen molar-refractivity contribution in [2.75, 3.05) is 20.3 Å². The van der Waals surface area contributed by atoms with E-state index in [2.05, 4.69) is 4.98 Å². The van der Waals surface area contributed by atoms with Crippen LogP contribution in [0, 0.1) is 6.92 Å². The number of carbonyl (C=O) groups excluding carboxylic acids is 1. The molecule has 2 N–H and O–H groups in total. The van der Waals surface area contributed by atoms with Crippen LogP contribution in [0.25, 0.3) is 10.9 Å². The van der Waals surface area contributed by atoms with Gasteiger partial charge in [0.25, 0.3) is 11.5 Å². The Morgan fingerprint density at radius 3 is 2.71 bits per heavy atom. The Hall–Kier alpha value is -3.12. The number of aliphatic hydroxyl groups excluding tert-OH is 1. The van der Waals surface area contributed by atoms with Crippen molar-refractivity contribution in [3.63, 3.8) is 0 Å². The maximum atomic E-state index is 13.0. The third kappa shape index (κ3) is 4.40. The minimum atomic E-state index is -0.244. The molecule has 28 heavy (non-hydrogen) atoms. The van der Waals surface area contributed by atoms with Gasteiger partial charge in [0.1, 0.15) is 5.75 Å². The van der Waals surface area contributed by atoms with Crippen molar-refractivity contribution in [2.24, 2.45) is 0 Å². The lowest BCUT2D eigenvalue weighted by Gasteiger charge is -2.22. The highest BCUT2D eigenvalue weighted by Crippen LogP contribution is 2.19. The molecule has 1 aromatic heterocycles. The maximum Gasteiger partial charge on any atom is 0.254 e. The summed E-state index contributed by atoms with van der Waals surface area (Å²) in [4.78, 5) is 30.0. The normalized spacial score (nSPS) is 10.8. The number of pyridine rings is 1. The smallest absolute Gasteiger partial charge is 0.254 e. The van der Waals surface area contributed by atoms with E-state index < -0.39 is 0 Å².